The van der Waals surface area contributed by atoms with E-state index in [1.807, 2.05) is 6.07 Å². The molecule has 0 unspecified atom stereocenters. The maximum absolute atomic E-state index is 11.9. The van der Waals surface area contributed by atoms with Crippen LogP contribution in [0.2, 0.25) is 5.02 Å². The van der Waals surface area contributed by atoms with Crippen molar-refractivity contribution in [1.82, 2.24) is 9.78 Å². The van der Waals surface area contributed by atoms with Crippen molar-refractivity contribution in [3.8, 4) is 6.07 Å². The molecule has 0 saturated heterocycles. The predicted octanol–water partition coefficient (Wildman–Crippen LogP) is 2.57. The second-order valence-corrected chi connectivity index (χ2v) is 4.69. The molecule has 0 saturated carbocycles. The molecule has 1 aromatic heterocycles. The molecule has 1 heterocycles. The summed E-state index contributed by atoms with van der Waals surface area (Å²) >= 11 is 6.04. The van der Waals surface area contributed by atoms with Crippen LogP contribution >= 0.6 is 11.6 Å². The molecule has 1 aromatic carbocycles. The Bertz CT molecular complexity index is 761. The number of aromatic nitrogens is 2. The lowest BCUT2D eigenvalue weighted by molar-refractivity contribution is 0.653. The Morgan fingerprint density at radius 3 is 3.05 bits per heavy atom. The summed E-state index contributed by atoms with van der Waals surface area (Å²) in [4.78, 5) is 11.9. The molecule has 0 spiro atoms. The zero-order valence-electron chi connectivity index (χ0n) is 11.2. The van der Waals surface area contributed by atoms with Gasteiger partial charge >= 0.3 is 0 Å². The van der Waals surface area contributed by atoms with E-state index in [-0.39, 0.29) is 10.6 Å². The first-order chi connectivity index (χ1) is 10.2. The highest BCUT2D eigenvalue weighted by atomic mass is 35.5. The van der Waals surface area contributed by atoms with Gasteiger partial charge in [0.2, 0.25) is 0 Å². The summed E-state index contributed by atoms with van der Waals surface area (Å²) in [6, 6.07) is 9.27. The Labute approximate surface area is 127 Å². The molecule has 1 N–H and O–H groups in total. The molecule has 0 amide bonds. The van der Waals surface area contributed by atoms with Crippen molar-refractivity contribution in [3.05, 3.63) is 69.6 Å². The van der Waals surface area contributed by atoms with E-state index in [1.165, 1.54) is 10.9 Å². The van der Waals surface area contributed by atoms with Gasteiger partial charge in [0, 0.05) is 6.54 Å². The second kappa shape index (κ2) is 6.73. The van der Waals surface area contributed by atoms with E-state index in [1.54, 1.807) is 24.3 Å². The van der Waals surface area contributed by atoms with Crippen LogP contribution in [-0.2, 0) is 13.1 Å². The van der Waals surface area contributed by atoms with E-state index in [2.05, 4.69) is 23.1 Å². The molecule has 0 aliphatic carbocycles. The number of rotatable bonds is 5. The molecule has 0 aliphatic heterocycles. The van der Waals surface area contributed by atoms with E-state index in [0.717, 1.165) is 5.56 Å². The summed E-state index contributed by atoms with van der Waals surface area (Å²) in [6.07, 6.45) is 3.08. The van der Waals surface area contributed by atoms with Crippen LogP contribution in [-0.4, -0.2) is 9.78 Å². The Balaban J connectivity index is 2.17. The van der Waals surface area contributed by atoms with Crippen molar-refractivity contribution >= 4 is 17.3 Å². The minimum Gasteiger partial charge on any atom is -0.378 e. The lowest BCUT2D eigenvalue weighted by Crippen LogP contribution is -2.23. The van der Waals surface area contributed by atoms with Gasteiger partial charge in [-0.1, -0.05) is 29.8 Å². The summed E-state index contributed by atoms with van der Waals surface area (Å²) in [5.74, 6) is 0. The van der Waals surface area contributed by atoms with Crippen LogP contribution in [0.3, 0.4) is 0 Å². The van der Waals surface area contributed by atoms with E-state index in [0.29, 0.717) is 24.3 Å². The summed E-state index contributed by atoms with van der Waals surface area (Å²) in [7, 11) is 0. The van der Waals surface area contributed by atoms with Crippen LogP contribution in [0.5, 0.6) is 0 Å². The molecule has 0 bridgehead atoms. The smallest absolute Gasteiger partial charge is 0.287 e. The van der Waals surface area contributed by atoms with Crippen molar-refractivity contribution in [1.29, 1.82) is 5.26 Å². The summed E-state index contributed by atoms with van der Waals surface area (Å²) in [5.41, 5.74) is 1.59. The van der Waals surface area contributed by atoms with Crippen molar-refractivity contribution in [3.63, 3.8) is 0 Å². The first-order valence-corrected chi connectivity index (χ1v) is 6.63. The molecule has 2 aromatic rings. The Kier molecular flexibility index (Phi) is 4.75. The van der Waals surface area contributed by atoms with Crippen LogP contribution in [0.25, 0.3) is 0 Å². The summed E-state index contributed by atoms with van der Waals surface area (Å²) in [6.45, 7) is 4.31. The third-order valence-corrected chi connectivity index (χ3v) is 3.19. The maximum Gasteiger partial charge on any atom is 0.287 e. The number of anilines is 1. The van der Waals surface area contributed by atoms with Crippen LogP contribution in [0, 0.1) is 11.3 Å². The van der Waals surface area contributed by atoms with Crippen LogP contribution in [0.15, 0.2) is 47.9 Å². The highest BCUT2D eigenvalue weighted by Gasteiger charge is 2.08. The second-order valence-electron chi connectivity index (χ2n) is 4.31. The third-order valence-electron chi connectivity index (χ3n) is 2.83. The Hall–Kier alpha value is -2.58. The fraction of sp³-hybridized carbons (Fsp3) is 0.133. The molecular formula is C15H13ClN4O. The van der Waals surface area contributed by atoms with Gasteiger partial charge in [-0.2, -0.15) is 10.4 Å². The monoisotopic (exact) mass is 300 g/mol. The van der Waals surface area contributed by atoms with Gasteiger partial charge in [0.15, 0.2) is 0 Å². The van der Waals surface area contributed by atoms with Gasteiger partial charge in [-0.15, -0.1) is 6.58 Å². The van der Waals surface area contributed by atoms with Gasteiger partial charge in [-0.3, -0.25) is 4.79 Å². The Morgan fingerprint density at radius 1 is 1.52 bits per heavy atom. The van der Waals surface area contributed by atoms with Crippen molar-refractivity contribution in [2.45, 2.75) is 13.1 Å². The lowest BCUT2D eigenvalue weighted by atomic mass is 10.1. The average molecular weight is 301 g/mol. The number of halogens is 1. The van der Waals surface area contributed by atoms with Gasteiger partial charge in [0.25, 0.3) is 5.56 Å². The topological polar surface area (TPSA) is 70.7 Å². The van der Waals surface area contributed by atoms with E-state index in [4.69, 9.17) is 16.9 Å². The van der Waals surface area contributed by atoms with Gasteiger partial charge in [0.05, 0.1) is 30.1 Å². The highest BCUT2D eigenvalue weighted by molar-refractivity contribution is 6.32. The number of nitriles is 1. The van der Waals surface area contributed by atoms with E-state index in [9.17, 15) is 4.79 Å². The van der Waals surface area contributed by atoms with Gasteiger partial charge in [-0.25, -0.2) is 4.68 Å². The molecule has 0 fully saturated rings. The number of nitrogens with zero attached hydrogens (tertiary/aromatic N) is 3. The first-order valence-electron chi connectivity index (χ1n) is 6.25. The van der Waals surface area contributed by atoms with Crippen LogP contribution in [0.4, 0.5) is 5.69 Å². The largest absolute Gasteiger partial charge is 0.378 e. The summed E-state index contributed by atoms with van der Waals surface area (Å²) < 4.78 is 1.23. The molecule has 21 heavy (non-hydrogen) atoms. The molecule has 5 nitrogen and oxygen atoms in total. The molecular weight excluding hydrogens is 288 g/mol. The van der Waals surface area contributed by atoms with Crippen LogP contribution in [0.1, 0.15) is 11.1 Å². The number of benzene rings is 1. The Morgan fingerprint density at radius 2 is 2.33 bits per heavy atom. The van der Waals surface area contributed by atoms with Crippen molar-refractivity contribution in [2.75, 3.05) is 5.32 Å². The summed E-state index contributed by atoms with van der Waals surface area (Å²) in [5, 5.41) is 16.0. The molecule has 0 aliphatic rings. The molecule has 0 radical (unpaired) electrons. The van der Waals surface area contributed by atoms with E-state index >= 15 is 0 Å². The minimum absolute atomic E-state index is 0.0864. The van der Waals surface area contributed by atoms with Gasteiger partial charge in [-0.05, 0) is 17.7 Å². The highest BCUT2D eigenvalue weighted by Crippen LogP contribution is 2.16. The number of hydrogen-bond acceptors (Lipinski definition) is 4. The zero-order valence-corrected chi connectivity index (χ0v) is 12.0. The number of nitrogens with one attached hydrogen (secondary N) is 1. The van der Waals surface area contributed by atoms with Gasteiger partial charge < -0.3 is 5.32 Å². The molecule has 6 heteroatoms. The normalized spacial score (nSPS) is 9.90. The minimum atomic E-state index is -0.368. The van der Waals surface area contributed by atoms with Crippen LogP contribution < -0.4 is 10.9 Å². The number of hydrogen-bond donors (Lipinski definition) is 1. The predicted molar refractivity (Wildman–Crippen MR) is 82.2 cm³/mol. The first kappa shape index (κ1) is 14.8. The average Bonchev–Trinajstić information content (AvgIpc) is 2.51. The quantitative estimate of drug-likeness (QED) is 0.862. The molecule has 0 atom stereocenters. The fourth-order valence-electron chi connectivity index (χ4n) is 1.79. The maximum atomic E-state index is 11.9. The number of allylic oxidation sites excluding steroid dienone is 1. The SMILES string of the molecule is C=CCn1ncc(NCc2cccc(C#N)c2)c(Cl)c1=O. The third kappa shape index (κ3) is 3.50. The van der Waals surface area contributed by atoms with E-state index < -0.39 is 0 Å². The van der Waals surface area contributed by atoms with Crippen molar-refractivity contribution < 1.29 is 0 Å². The zero-order chi connectivity index (χ0) is 15.2. The lowest BCUT2D eigenvalue weighted by Gasteiger charge is -2.09. The molecule has 106 valence electrons. The molecule has 2 rings (SSSR count). The van der Waals surface area contributed by atoms with Crippen molar-refractivity contribution in [2.24, 2.45) is 0 Å². The standard InChI is InChI=1S/C15H13ClN4O/c1-2-6-20-15(21)14(16)13(10-19-20)18-9-12-5-3-4-11(7-12)8-17/h2-5,7,10,18H,1,6,9H2. The fourth-order valence-corrected chi connectivity index (χ4v) is 2.00. The van der Waals surface area contributed by atoms with Gasteiger partial charge in [0.1, 0.15) is 5.02 Å².